The Morgan fingerprint density at radius 1 is 1.45 bits per heavy atom. The van der Waals surface area contributed by atoms with Crippen molar-refractivity contribution >= 4 is 27.5 Å². The molecule has 2 aromatic rings. The van der Waals surface area contributed by atoms with Crippen LogP contribution in [0.4, 0.5) is 0 Å². The van der Waals surface area contributed by atoms with Crippen LogP contribution in [0.25, 0.3) is 0 Å². The van der Waals surface area contributed by atoms with Crippen molar-refractivity contribution in [3.63, 3.8) is 0 Å². The number of nitrogens with zero attached hydrogens (tertiary/aromatic N) is 2. The normalized spacial score (nSPS) is 14.2. The molecule has 3 nitrogen and oxygen atoms in total. The van der Waals surface area contributed by atoms with Crippen LogP contribution < -0.4 is 5.73 Å². The lowest BCUT2D eigenvalue weighted by Crippen LogP contribution is -2.36. The van der Waals surface area contributed by atoms with E-state index in [9.17, 15) is 0 Å². The second-order valence-electron chi connectivity index (χ2n) is 5.26. The van der Waals surface area contributed by atoms with Crippen molar-refractivity contribution in [1.29, 1.82) is 0 Å². The molecular weight excluding hydrogens is 338 g/mol. The minimum Gasteiger partial charge on any atom is -0.335 e. The molecule has 0 saturated heterocycles. The maximum atomic E-state index is 6.49. The minimum absolute atomic E-state index is 0.547. The van der Waals surface area contributed by atoms with E-state index in [1.807, 2.05) is 37.5 Å². The van der Waals surface area contributed by atoms with Crippen LogP contribution in [-0.2, 0) is 18.5 Å². The Morgan fingerprint density at radius 3 is 2.85 bits per heavy atom. The Hall–Kier alpha value is -0.840. The van der Waals surface area contributed by atoms with Gasteiger partial charge in [0.05, 0.1) is 0 Å². The molecule has 1 aromatic carbocycles. The van der Waals surface area contributed by atoms with E-state index >= 15 is 0 Å². The zero-order valence-corrected chi connectivity index (χ0v) is 14.1. The third kappa shape index (κ3) is 3.43. The molecule has 20 heavy (non-hydrogen) atoms. The predicted molar refractivity (Wildman–Crippen MR) is 86.9 cm³/mol. The Kier molecular flexibility index (Phi) is 4.89. The van der Waals surface area contributed by atoms with Gasteiger partial charge in [-0.15, -0.1) is 0 Å². The summed E-state index contributed by atoms with van der Waals surface area (Å²) in [6, 6.07) is 5.81. The lowest BCUT2D eigenvalue weighted by atomic mass is 9.89. The average Bonchev–Trinajstić information content (AvgIpc) is 2.76. The third-order valence-corrected chi connectivity index (χ3v) is 4.14. The van der Waals surface area contributed by atoms with Crippen molar-refractivity contribution in [3.8, 4) is 0 Å². The number of halogens is 2. The molecule has 1 atom stereocenters. The fraction of sp³-hybridized carbons (Fsp3) is 0.400. The zero-order valence-electron chi connectivity index (χ0n) is 11.7. The van der Waals surface area contributed by atoms with Crippen LogP contribution in [-0.4, -0.2) is 9.55 Å². The quantitative estimate of drug-likeness (QED) is 0.875. The van der Waals surface area contributed by atoms with E-state index < -0.39 is 5.54 Å². The Balaban J connectivity index is 2.28. The van der Waals surface area contributed by atoms with Crippen molar-refractivity contribution < 1.29 is 0 Å². The van der Waals surface area contributed by atoms with Gasteiger partial charge in [-0.25, -0.2) is 4.98 Å². The molecule has 1 heterocycles. The first-order valence-electron chi connectivity index (χ1n) is 6.68. The molecule has 0 aliphatic heterocycles. The Morgan fingerprint density at radius 2 is 2.20 bits per heavy atom. The standard InChI is InChI=1S/C15H19BrClN3/c1-3-7-20-8-6-19-14(20)10-15(2,18)12-5-4-11(16)9-13(12)17/h4-6,8-9H,3,7,10,18H2,1-2H3. The molecule has 0 saturated carbocycles. The van der Waals surface area contributed by atoms with Gasteiger partial charge in [0.15, 0.2) is 0 Å². The average molecular weight is 357 g/mol. The fourth-order valence-corrected chi connectivity index (χ4v) is 3.22. The highest BCUT2D eigenvalue weighted by Crippen LogP contribution is 2.31. The minimum atomic E-state index is -0.547. The lowest BCUT2D eigenvalue weighted by molar-refractivity contribution is 0.462. The summed E-state index contributed by atoms with van der Waals surface area (Å²) in [7, 11) is 0. The van der Waals surface area contributed by atoms with Gasteiger partial charge in [-0.05, 0) is 31.0 Å². The molecule has 0 spiro atoms. The third-order valence-electron chi connectivity index (χ3n) is 3.34. The van der Waals surface area contributed by atoms with Crippen LogP contribution in [0.5, 0.6) is 0 Å². The molecule has 0 aliphatic rings. The van der Waals surface area contributed by atoms with E-state index in [1.54, 1.807) is 0 Å². The van der Waals surface area contributed by atoms with Gasteiger partial charge >= 0.3 is 0 Å². The Bertz CT molecular complexity index is 593. The van der Waals surface area contributed by atoms with Gasteiger partial charge < -0.3 is 10.3 Å². The summed E-state index contributed by atoms with van der Waals surface area (Å²) >= 11 is 9.73. The van der Waals surface area contributed by atoms with E-state index in [0.29, 0.717) is 11.4 Å². The largest absolute Gasteiger partial charge is 0.335 e. The number of rotatable bonds is 5. The van der Waals surface area contributed by atoms with Crippen molar-refractivity contribution in [3.05, 3.63) is 51.5 Å². The summed E-state index contributed by atoms with van der Waals surface area (Å²) in [6.45, 7) is 5.10. The molecule has 5 heteroatoms. The highest BCUT2D eigenvalue weighted by Gasteiger charge is 2.26. The monoisotopic (exact) mass is 355 g/mol. The molecule has 108 valence electrons. The van der Waals surface area contributed by atoms with Gasteiger partial charge in [-0.2, -0.15) is 0 Å². The van der Waals surface area contributed by atoms with E-state index in [-0.39, 0.29) is 0 Å². The molecule has 0 amide bonds. The molecule has 2 rings (SSSR count). The first kappa shape index (κ1) is 15.5. The number of aromatic nitrogens is 2. The second kappa shape index (κ2) is 6.29. The summed E-state index contributed by atoms with van der Waals surface area (Å²) < 4.78 is 3.10. The molecule has 0 radical (unpaired) electrons. The first-order chi connectivity index (χ1) is 9.44. The first-order valence-corrected chi connectivity index (χ1v) is 7.85. The van der Waals surface area contributed by atoms with Crippen LogP contribution in [0.1, 0.15) is 31.7 Å². The van der Waals surface area contributed by atoms with Gasteiger partial charge in [-0.3, -0.25) is 0 Å². The van der Waals surface area contributed by atoms with Crippen molar-refractivity contribution in [2.45, 2.75) is 38.8 Å². The van der Waals surface area contributed by atoms with Gasteiger partial charge in [0.1, 0.15) is 5.82 Å². The number of nitrogens with two attached hydrogens (primary N) is 1. The fourth-order valence-electron chi connectivity index (χ4n) is 2.33. The summed E-state index contributed by atoms with van der Waals surface area (Å²) in [6.07, 6.45) is 5.55. The lowest BCUT2D eigenvalue weighted by Gasteiger charge is -2.26. The summed E-state index contributed by atoms with van der Waals surface area (Å²) in [4.78, 5) is 4.42. The molecule has 1 aromatic heterocycles. The highest BCUT2D eigenvalue weighted by molar-refractivity contribution is 9.10. The smallest absolute Gasteiger partial charge is 0.110 e. The van der Waals surface area contributed by atoms with Gasteiger partial charge in [0, 0.05) is 40.4 Å². The van der Waals surface area contributed by atoms with E-state index in [4.69, 9.17) is 17.3 Å². The molecule has 2 N–H and O–H groups in total. The summed E-state index contributed by atoms with van der Waals surface area (Å²) in [5, 5.41) is 0.679. The van der Waals surface area contributed by atoms with E-state index in [2.05, 4.69) is 32.4 Å². The number of hydrogen-bond donors (Lipinski definition) is 1. The molecule has 0 aliphatic carbocycles. The van der Waals surface area contributed by atoms with Crippen LogP contribution in [0.3, 0.4) is 0 Å². The predicted octanol–water partition coefficient (Wildman–Crippen LogP) is 4.13. The maximum absolute atomic E-state index is 6.49. The number of imidazole rings is 1. The van der Waals surface area contributed by atoms with E-state index in [1.165, 1.54) is 0 Å². The van der Waals surface area contributed by atoms with Crippen LogP contribution in [0, 0.1) is 0 Å². The van der Waals surface area contributed by atoms with Crippen molar-refractivity contribution in [1.82, 2.24) is 9.55 Å². The molecule has 1 unspecified atom stereocenters. The van der Waals surface area contributed by atoms with Crippen molar-refractivity contribution in [2.75, 3.05) is 0 Å². The topological polar surface area (TPSA) is 43.8 Å². The van der Waals surface area contributed by atoms with Gasteiger partial charge in [0.2, 0.25) is 0 Å². The van der Waals surface area contributed by atoms with E-state index in [0.717, 1.165) is 28.8 Å². The number of hydrogen-bond acceptors (Lipinski definition) is 2. The summed E-state index contributed by atoms with van der Waals surface area (Å²) in [5.41, 5.74) is 6.88. The van der Waals surface area contributed by atoms with Crippen LogP contribution in [0.15, 0.2) is 35.1 Å². The van der Waals surface area contributed by atoms with Crippen LogP contribution in [0.2, 0.25) is 5.02 Å². The van der Waals surface area contributed by atoms with Crippen molar-refractivity contribution in [2.24, 2.45) is 5.73 Å². The Labute approximate surface area is 133 Å². The molecule has 0 bridgehead atoms. The summed E-state index contributed by atoms with van der Waals surface area (Å²) in [5.74, 6) is 0.996. The highest BCUT2D eigenvalue weighted by atomic mass is 79.9. The SMILES string of the molecule is CCCn1ccnc1CC(C)(N)c1ccc(Br)cc1Cl. The van der Waals surface area contributed by atoms with Gasteiger partial charge in [-0.1, -0.05) is 40.5 Å². The maximum Gasteiger partial charge on any atom is 0.110 e. The van der Waals surface area contributed by atoms with Crippen LogP contribution >= 0.6 is 27.5 Å². The number of aryl methyl sites for hydroxylation is 1. The molecule has 0 fully saturated rings. The van der Waals surface area contributed by atoms with Gasteiger partial charge in [0.25, 0.3) is 0 Å². The number of benzene rings is 1. The molecular formula is C15H19BrClN3. The zero-order chi connectivity index (χ0) is 14.8. The second-order valence-corrected chi connectivity index (χ2v) is 6.58.